The maximum atomic E-state index is 13.4. The fraction of sp³-hybridized carbons (Fsp3) is 0.368. The molecule has 2 aromatic heterocycles. The SMILES string of the molecule is Cc1cc(F)ccc1-c1nc(C(C)(C)C(=O)NCc2nc(CS(C)(=O)=O)n[nH]2)cs1. The highest BCUT2D eigenvalue weighted by atomic mass is 32.2. The van der Waals surface area contributed by atoms with E-state index in [0.717, 1.165) is 17.4 Å². The standard InChI is InChI=1S/C19H22FN5O3S2/c1-11-7-12(20)5-6-13(11)17-22-14(9-29-17)19(2,3)18(26)21-8-15-23-16(25-24-15)10-30(4,27)28/h5-7,9H,8,10H2,1-4H3,(H,21,26)(H,23,24,25). The van der Waals surface area contributed by atoms with Crippen molar-refractivity contribution in [2.75, 3.05) is 6.26 Å². The molecule has 0 atom stereocenters. The molecule has 1 aromatic carbocycles. The average Bonchev–Trinajstić information content (AvgIpc) is 3.28. The van der Waals surface area contributed by atoms with Gasteiger partial charge in [-0.05, 0) is 44.5 Å². The van der Waals surface area contributed by atoms with Crippen LogP contribution < -0.4 is 5.32 Å². The highest BCUT2D eigenvalue weighted by molar-refractivity contribution is 7.89. The third-order valence-corrected chi connectivity index (χ3v) is 6.17. The van der Waals surface area contributed by atoms with Crippen molar-refractivity contribution >= 4 is 27.1 Å². The van der Waals surface area contributed by atoms with E-state index in [1.807, 2.05) is 12.3 Å². The van der Waals surface area contributed by atoms with E-state index in [9.17, 15) is 17.6 Å². The topological polar surface area (TPSA) is 118 Å². The number of aryl methyl sites for hydroxylation is 1. The van der Waals surface area contributed by atoms with E-state index in [0.29, 0.717) is 16.5 Å². The summed E-state index contributed by atoms with van der Waals surface area (Å²) >= 11 is 1.39. The number of benzene rings is 1. The van der Waals surface area contributed by atoms with Gasteiger partial charge in [0.15, 0.2) is 15.7 Å². The molecule has 2 N–H and O–H groups in total. The van der Waals surface area contributed by atoms with Gasteiger partial charge in [-0.1, -0.05) is 0 Å². The fourth-order valence-electron chi connectivity index (χ4n) is 2.77. The Morgan fingerprint density at radius 3 is 2.70 bits per heavy atom. The highest BCUT2D eigenvalue weighted by Gasteiger charge is 2.32. The Balaban J connectivity index is 1.69. The number of aromatic nitrogens is 4. The Kier molecular flexibility index (Phi) is 6.04. The Hall–Kier alpha value is -2.66. The van der Waals surface area contributed by atoms with Crippen LogP contribution in [-0.4, -0.2) is 40.7 Å². The van der Waals surface area contributed by atoms with E-state index in [-0.39, 0.29) is 29.8 Å². The van der Waals surface area contributed by atoms with Gasteiger partial charge in [0.05, 0.1) is 17.7 Å². The van der Waals surface area contributed by atoms with Gasteiger partial charge in [-0.25, -0.2) is 22.8 Å². The summed E-state index contributed by atoms with van der Waals surface area (Å²) in [7, 11) is -3.24. The Labute approximate surface area is 177 Å². The molecule has 0 unspecified atom stereocenters. The lowest BCUT2D eigenvalue weighted by atomic mass is 9.89. The van der Waals surface area contributed by atoms with Crippen LogP contribution in [-0.2, 0) is 32.3 Å². The number of rotatable bonds is 7. The molecule has 0 bridgehead atoms. The lowest BCUT2D eigenvalue weighted by Crippen LogP contribution is -2.40. The van der Waals surface area contributed by atoms with Crippen molar-refractivity contribution in [3.05, 3.63) is 52.3 Å². The number of H-pyrrole nitrogens is 1. The predicted molar refractivity (Wildman–Crippen MR) is 112 cm³/mol. The van der Waals surface area contributed by atoms with Crippen molar-refractivity contribution in [3.63, 3.8) is 0 Å². The molecule has 0 saturated heterocycles. The van der Waals surface area contributed by atoms with Crippen molar-refractivity contribution in [2.45, 2.75) is 38.5 Å². The number of nitrogens with one attached hydrogen (secondary N) is 2. The smallest absolute Gasteiger partial charge is 0.232 e. The molecule has 8 nitrogen and oxygen atoms in total. The van der Waals surface area contributed by atoms with Crippen LogP contribution in [0.3, 0.4) is 0 Å². The van der Waals surface area contributed by atoms with E-state index in [2.05, 4.69) is 25.5 Å². The summed E-state index contributed by atoms with van der Waals surface area (Å²) in [6.45, 7) is 5.40. The number of sulfone groups is 1. The number of carbonyl (C=O) groups excluding carboxylic acids is 1. The second-order valence-corrected chi connectivity index (χ2v) is 10.6. The zero-order valence-electron chi connectivity index (χ0n) is 17.0. The first kappa shape index (κ1) is 22.0. The maximum Gasteiger partial charge on any atom is 0.232 e. The molecule has 160 valence electrons. The van der Waals surface area contributed by atoms with Crippen molar-refractivity contribution in [1.29, 1.82) is 0 Å². The minimum Gasteiger partial charge on any atom is -0.348 e. The largest absolute Gasteiger partial charge is 0.348 e. The second-order valence-electron chi connectivity index (χ2n) is 7.57. The quantitative estimate of drug-likeness (QED) is 0.570. The number of nitrogens with zero attached hydrogens (tertiary/aromatic N) is 3. The van der Waals surface area contributed by atoms with Gasteiger partial charge in [0, 0.05) is 17.2 Å². The Bertz CT molecular complexity index is 1180. The monoisotopic (exact) mass is 451 g/mol. The second kappa shape index (κ2) is 8.23. The van der Waals surface area contributed by atoms with Crippen molar-refractivity contribution < 1.29 is 17.6 Å². The minimum atomic E-state index is -3.24. The van der Waals surface area contributed by atoms with Crippen molar-refractivity contribution in [3.8, 4) is 10.6 Å². The van der Waals surface area contributed by atoms with E-state index in [4.69, 9.17) is 0 Å². The lowest BCUT2D eigenvalue weighted by molar-refractivity contribution is -0.125. The van der Waals surface area contributed by atoms with E-state index in [1.54, 1.807) is 19.9 Å². The number of aromatic amines is 1. The lowest BCUT2D eigenvalue weighted by Gasteiger charge is -2.21. The number of hydrogen-bond donors (Lipinski definition) is 2. The third kappa shape index (κ3) is 5.08. The molecule has 2 heterocycles. The maximum absolute atomic E-state index is 13.4. The van der Waals surface area contributed by atoms with E-state index >= 15 is 0 Å². The highest BCUT2D eigenvalue weighted by Crippen LogP contribution is 2.32. The normalized spacial score (nSPS) is 12.2. The van der Waals surface area contributed by atoms with Crippen LogP contribution >= 0.6 is 11.3 Å². The third-order valence-electron chi connectivity index (χ3n) is 4.52. The summed E-state index contributed by atoms with van der Waals surface area (Å²) in [6.07, 6.45) is 1.10. The van der Waals surface area contributed by atoms with Crippen LogP contribution in [0.5, 0.6) is 0 Å². The predicted octanol–water partition coefficient (Wildman–Crippen LogP) is 2.51. The summed E-state index contributed by atoms with van der Waals surface area (Å²) in [5.41, 5.74) is 1.27. The van der Waals surface area contributed by atoms with Gasteiger partial charge in [0.1, 0.15) is 22.4 Å². The Morgan fingerprint density at radius 1 is 1.30 bits per heavy atom. The van der Waals surface area contributed by atoms with Gasteiger partial charge < -0.3 is 5.32 Å². The number of hydrogen-bond acceptors (Lipinski definition) is 7. The molecule has 3 aromatic rings. The van der Waals surface area contributed by atoms with Gasteiger partial charge >= 0.3 is 0 Å². The van der Waals surface area contributed by atoms with Gasteiger partial charge in [-0.3, -0.25) is 9.89 Å². The van der Waals surface area contributed by atoms with Crippen LogP contribution in [0, 0.1) is 12.7 Å². The average molecular weight is 452 g/mol. The number of halogens is 1. The van der Waals surface area contributed by atoms with Gasteiger partial charge in [0.2, 0.25) is 5.91 Å². The Morgan fingerprint density at radius 2 is 2.03 bits per heavy atom. The van der Waals surface area contributed by atoms with Crippen LogP contribution in [0.25, 0.3) is 10.6 Å². The van der Waals surface area contributed by atoms with Crippen LogP contribution in [0.2, 0.25) is 0 Å². The molecule has 0 radical (unpaired) electrons. The fourth-order valence-corrected chi connectivity index (χ4v) is 4.44. The van der Waals surface area contributed by atoms with E-state index < -0.39 is 15.3 Å². The van der Waals surface area contributed by atoms with Gasteiger partial charge in [-0.2, -0.15) is 5.10 Å². The van der Waals surface area contributed by atoms with Gasteiger partial charge in [-0.15, -0.1) is 11.3 Å². The number of amides is 1. The molecule has 0 saturated carbocycles. The first-order chi connectivity index (χ1) is 14.0. The molecule has 0 spiro atoms. The molecular weight excluding hydrogens is 429 g/mol. The van der Waals surface area contributed by atoms with Crippen LogP contribution in [0.15, 0.2) is 23.6 Å². The molecule has 0 fully saturated rings. The minimum absolute atomic E-state index is 0.0765. The first-order valence-corrected chi connectivity index (χ1v) is 12.0. The number of thiazole rings is 1. The van der Waals surface area contributed by atoms with Gasteiger partial charge in [0.25, 0.3) is 0 Å². The summed E-state index contributed by atoms with van der Waals surface area (Å²) in [4.78, 5) is 21.5. The first-order valence-electron chi connectivity index (χ1n) is 9.04. The molecule has 11 heteroatoms. The molecule has 0 aliphatic carbocycles. The zero-order chi connectivity index (χ0) is 22.1. The summed E-state index contributed by atoms with van der Waals surface area (Å²) in [5, 5.41) is 11.8. The molecule has 3 rings (SSSR count). The summed E-state index contributed by atoms with van der Waals surface area (Å²) in [5.74, 6) is -0.331. The zero-order valence-corrected chi connectivity index (χ0v) is 18.6. The molecule has 30 heavy (non-hydrogen) atoms. The van der Waals surface area contributed by atoms with Crippen molar-refractivity contribution in [2.24, 2.45) is 0 Å². The van der Waals surface area contributed by atoms with Crippen molar-refractivity contribution in [1.82, 2.24) is 25.5 Å². The summed E-state index contributed by atoms with van der Waals surface area (Å²) in [6, 6.07) is 4.51. The number of carbonyl (C=O) groups is 1. The molecule has 1 amide bonds. The van der Waals surface area contributed by atoms with E-state index in [1.165, 1.54) is 23.5 Å². The molecular formula is C19H22FN5O3S2. The molecule has 0 aliphatic heterocycles. The van der Waals surface area contributed by atoms with Crippen LogP contribution in [0.4, 0.5) is 4.39 Å². The van der Waals surface area contributed by atoms with Crippen LogP contribution in [0.1, 0.15) is 36.8 Å². The molecule has 0 aliphatic rings. The summed E-state index contributed by atoms with van der Waals surface area (Å²) < 4.78 is 36.0.